The first-order valence-electron chi connectivity index (χ1n) is 5.96. The van der Waals surface area contributed by atoms with Gasteiger partial charge in [0.05, 0.1) is 5.02 Å². The molecule has 2 aromatic carbocycles. The quantitative estimate of drug-likeness (QED) is 0.778. The third-order valence-corrected chi connectivity index (χ3v) is 4.15. The molecule has 0 spiro atoms. The predicted molar refractivity (Wildman–Crippen MR) is 81.7 cm³/mol. The van der Waals surface area contributed by atoms with E-state index in [1.165, 1.54) is 0 Å². The molecule has 0 aliphatic carbocycles. The van der Waals surface area contributed by atoms with E-state index >= 15 is 0 Å². The Morgan fingerprint density at radius 3 is 2.44 bits per heavy atom. The largest absolute Gasteiger partial charge is 0.384 e. The van der Waals surface area contributed by atoms with Crippen molar-refractivity contribution in [3.63, 3.8) is 0 Å². The van der Waals surface area contributed by atoms with Crippen LogP contribution in [0.1, 0.15) is 6.92 Å². The number of thioether (sulfide) groups is 1. The topological polar surface area (TPSA) is 12.0 Å². The highest BCUT2D eigenvalue weighted by atomic mass is 35.5. The summed E-state index contributed by atoms with van der Waals surface area (Å²) in [6, 6.07) is 18.2. The van der Waals surface area contributed by atoms with Crippen LogP contribution in [0.2, 0.25) is 5.02 Å². The molecule has 0 fully saturated rings. The Kier molecular flexibility index (Phi) is 4.97. The molecule has 0 aromatic heterocycles. The maximum Gasteiger partial charge on any atom is 0.0541 e. The third kappa shape index (κ3) is 3.97. The Morgan fingerprint density at radius 2 is 1.72 bits per heavy atom. The maximum absolute atomic E-state index is 6.14. The summed E-state index contributed by atoms with van der Waals surface area (Å²) in [5, 5.41) is 4.71. The summed E-state index contributed by atoms with van der Waals surface area (Å²) in [6.07, 6.45) is 0. The van der Waals surface area contributed by atoms with Gasteiger partial charge in [-0.1, -0.05) is 48.9 Å². The van der Waals surface area contributed by atoms with Gasteiger partial charge in [0.2, 0.25) is 0 Å². The van der Waals surface area contributed by atoms with E-state index in [1.807, 2.05) is 36.4 Å². The second-order valence-corrected chi connectivity index (χ2v) is 5.99. The fourth-order valence-electron chi connectivity index (χ4n) is 1.62. The van der Waals surface area contributed by atoms with Crippen LogP contribution in [0.4, 0.5) is 5.69 Å². The number of benzene rings is 2. The Morgan fingerprint density at radius 1 is 1.06 bits per heavy atom. The van der Waals surface area contributed by atoms with E-state index in [0.29, 0.717) is 5.25 Å². The average molecular weight is 278 g/mol. The van der Waals surface area contributed by atoms with Crippen molar-refractivity contribution in [2.75, 3.05) is 11.9 Å². The van der Waals surface area contributed by atoms with Gasteiger partial charge in [0.15, 0.2) is 0 Å². The van der Waals surface area contributed by atoms with Gasteiger partial charge < -0.3 is 5.32 Å². The monoisotopic (exact) mass is 277 g/mol. The van der Waals surface area contributed by atoms with E-state index in [0.717, 1.165) is 22.2 Å². The Hall–Kier alpha value is -1.12. The SMILES string of the molecule is CC(CNc1ccccc1)Sc1ccccc1Cl. The molecular weight excluding hydrogens is 262 g/mol. The van der Waals surface area contributed by atoms with Crippen molar-refractivity contribution in [1.82, 2.24) is 0 Å². The van der Waals surface area contributed by atoms with Crippen LogP contribution in [0.15, 0.2) is 59.5 Å². The van der Waals surface area contributed by atoms with Crippen LogP contribution in [-0.2, 0) is 0 Å². The van der Waals surface area contributed by atoms with Crippen molar-refractivity contribution in [3.8, 4) is 0 Å². The van der Waals surface area contributed by atoms with Gasteiger partial charge in [-0.25, -0.2) is 0 Å². The molecule has 0 saturated carbocycles. The lowest BCUT2D eigenvalue weighted by Crippen LogP contribution is -2.12. The van der Waals surface area contributed by atoms with E-state index in [1.54, 1.807) is 11.8 Å². The number of para-hydroxylation sites is 1. The van der Waals surface area contributed by atoms with Gasteiger partial charge in [0.25, 0.3) is 0 Å². The lowest BCUT2D eigenvalue weighted by molar-refractivity contribution is 0.999. The summed E-state index contributed by atoms with van der Waals surface area (Å²) in [5.74, 6) is 0. The summed E-state index contributed by atoms with van der Waals surface area (Å²) in [7, 11) is 0. The first kappa shape index (κ1) is 13.3. The molecule has 0 heterocycles. The van der Waals surface area contributed by atoms with Gasteiger partial charge in [-0.05, 0) is 24.3 Å². The standard InChI is InChI=1S/C15H16ClNS/c1-12(11-17-13-7-3-2-4-8-13)18-15-10-6-5-9-14(15)16/h2-10,12,17H,11H2,1H3. The molecule has 0 saturated heterocycles. The normalized spacial score (nSPS) is 12.1. The molecule has 0 bridgehead atoms. The van der Waals surface area contributed by atoms with Gasteiger partial charge in [-0.15, -0.1) is 11.8 Å². The Labute approximate surface area is 118 Å². The van der Waals surface area contributed by atoms with Crippen molar-refractivity contribution < 1.29 is 0 Å². The fourth-order valence-corrected chi connectivity index (χ4v) is 2.82. The summed E-state index contributed by atoms with van der Waals surface area (Å²) in [4.78, 5) is 1.14. The van der Waals surface area contributed by atoms with E-state index in [4.69, 9.17) is 11.6 Å². The van der Waals surface area contributed by atoms with Crippen molar-refractivity contribution in [1.29, 1.82) is 0 Å². The smallest absolute Gasteiger partial charge is 0.0541 e. The van der Waals surface area contributed by atoms with E-state index in [9.17, 15) is 0 Å². The molecule has 0 radical (unpaired) electrons. The maximum atomic E-state index is 6.14. The van der Waals surface area contributed by atoms with E-state index < -0.39 is 0 Å². The number of nitrogens with one attached hydrogen (secondary N) is 1. The lowest BCUT2D eigenvalue weighted by Gasteiger charge is -2.14. The summed E-state index contributed by atoms with van der Waals surface area (Å²) < 4.78 is 0. The van der Waals surface area contributed by atoms with E-state index in [-0.39, 0.29) is 0 Å². The molecule has 1 atom stereocenters. The van der Waals surface area contributed by atoms with E-state index in [2.05, 4.69) is 30.4 Å². The molecule has 1 N–H and O–H groups in total. The van der Waals surface area contributed by atoms with Gasteiger partial charge in [-0.3, -0.25) is 0 Å². The summed E-state index contributed by atoms with van der Waals surface area (Å²) >= 11 is 7.94. The number of anilines is 1. The molecule has 2 aromatic rings. The van der Waals surface area contributed by atoms with Crippen molar-refractivity contribution in [3.05, 3.63) is 59.6 Å². The molecule has 2 rings (SSSR count). The van der Waals surface area contributed by atoms with Gasteiger partial charge in [0, 0.05) is 22.4 Å². The average Bonchev–Trinajstić information content (AvgIpc) is 2.40. The Bertz CT molecular complexity index is 487. The predicted octanol–water partition coefficient (Wildman–Crippen LogP) is 4.93. The second kappa shape index (κ2) is 6.72. The first-order chi connectivity index (χ1) is 8.75. The summed E-state index contributed by atoms with van der Waals surface area (Å²) in [5.41, 5.74) is 1.16. The van der Waals surface area contributed by atoms with Crippen LogP contribution < -0.4 is 5.32 Å². The van der Waals surface area contributed by atoms with Crippen LogP contribution in [0.3, 0.4) is 0 Å². The summed E-state index contributed by atoms with van der Waals surface area (Å²) in [6.45, 7) is 3.11. The van der Waals surface area contributed by atoms with Gasteiger partial charge in [0.1, 0.15) is 0 Å². The zero-order chi connectivity index (χ0) is 12.8. The molecule has 94 valence electrons. The zero-order valence-electron chi connectivity index (χ0n) is 10.3. The van der Waals surface area contributed by atoms with Crippen LogP contribution in [0.5, 0.6) is 0 Å². The van der Waals surface area contributed by atoms with Crippen LogP contribution in [0.25, 0.3) is 0 Å². The lowest BCUT2D eigenvalue weighted by atomic mass is 10.3. The molecule has 1 nitrogen and oxygen atoms in total. The van der Waals surface area contributed by atoms with Crippen molar-refractivity contribution in [2.45, 2.75) is 17.1 Å². The molecule has 0 aliphatic heterocycles. The van der Waals surface area contributed by atoms with Crippen LogP contribution in [-0.4, -0.2) is 11.8 Å². The number of rotatable bonds is 5. The molecule has 18 heavy (non-hydrogen) atoms. The zero-order valence-corrected chi connectivity index (χ0v) is 11.8. The second-order valence-electron chi connectivity index (χ2n) is 4.11. The molecule has 1 unspecified atom stereocenters. The fraction of sp³-hybridized carbons (Fsp3) is 0.200. The van der Waals surface area contributed by atoms with Gasteiger partial charge >= 0.3 is 0 Å². The van der Waals surface area contributed by atoms with Crippen LogP contribution in [0, 0.1) is 0 Å². The highest BCUT2D eigenvalue weighted by Crippen LogP contribution is 2.29. The molecule has 0 amide bonds. The number of hydrogen-bond donors (Lipinski definition) is 1. The first-order valence-corrected chi connectivity index (χ1v) is 7.21. The third-order valence-electron chi connectivity index (χ3n) is 2.53. The van der Waals surface area contributed by atoms with Crippen LogP contribution >= 0.6 is 23.4 Å². The highest BCUT2D eigenvalue weighted by molar-refractivity contribution is 8.00. The molecular formula is C15H16ClNS. The van der Waals surface area contributed by atoms with Gasteiger partial charge in [-0.2, -0.15) is 0 Å². The van der Waals surface area contributed by atoms with Crippen molar-refractivity contribution in [2.24, 2.45) is 0 Å². The number of hydrogen-bond acceptors (Lipinski definition) is 2. The molecule has 0 aliphatic rings. The number of halogens is 1. The minimum atomic E-state index is 0.463. The highest BCUT2D eigenvalue weighted by Gasteiger charge is 2.06. The van der Waals surface area contributed by atoms with Crippen molar-refractivity contribution >= 4 is 29.1 Å². The Balaban J connectivity index is 1.86. The molecule has 3 heteroatoms. The minimum absolute atomic E-state index is 0.463. The minimum Gasteiger partial charge on any atom is -0.384 e.